The van der Waals surface area contributed by atoms with Crippen molar-refractivity contribution in [1.29, 1.82) is 0 Å². The zero-order valence-electron chi connectivity index (χ0n) is 14.5. The van der Waals surface area contributed by atoms with E-state index in [2.05, 4.69) is 5.32 Å². The Morgan fingerprint density at radius 2 is 2.00 bits per heavy atom. The van der Waals surface area contributed by atoms with E-state index in [4.69, 9.17) is 10.5 Å². The number of carbonyl (C=O) groups excluding carboxylic acids is 1. The van der Waals surface area contributed by atoms with Gasteiger partial charge in [-0.15, -0.1) is 12.4 Å². The van der Waals surface area contributed by atoms with Crippen LogP contribution in [0.1, 0.15) is 36.5 Å². The number of nitrogens with two attached hydrogens (primary N) is 1. The fourth-order valence-corrected chi connectivity index (χ4v) is 4.30. The van der Waals surface area contributed by atoms with E-state index in [0.717, 1.165) is 12.8 Å². The van der Waals surface area contributed by atoms with E-state index in [1.165, 1.54) is 23.5 Å². The van der Waals surface area contributed by atoms with Crippen molar-refractivity contribution in [2.75, 3.05) is 26.7 Å². The molecule has 0 saturated carbocycles. The van der Waals surface area contributed by atoms with Crippen molar-refractivity contribution in [2.24, 2.45) is 5.73 Å². The molecule has 1 aromatic rings. The van der Waals surface area contributed by atoms with Crippen molar-refractivity contribution in [2.45, 2.75) is 37.1 Å². The first-order valence-corrected chi connectivity index (χ1v) is 9.52. The third-order valence-electron chi connectivity index (χ3n) is 3.99. The third-order valence-corrected chi connectivity index (χ3v) is 5.91. The monoisotopic (exact) mass is 391 g/mol. The van der Waals surface area contributed by atoms with Crippen molar-refractivity contribution in [1.82, 2.24) is 9.62 Å². The molecule has 0 spiro atoms. The molecule has 7 nitrogen and oxygen atoms in total. The Morgan fingerprint density at radius 3 is 2.56 bits per heavy atom. The highest BCUT2D eigenvalue weighted by Crippen LogP contribution is 2.29. The van der Waals surface area contributed by atoms with E-state index >= 15 is 0 Å². The van der Waals surface area contributed by atoms with Gasteiger partial charge < -0.3 is 15.8 Å². The first-order valence-electron chi connectivity index (χ1n) is 8.08. The van der Waals surface area contributed by atoms with Crippen molar-refractivity contribution in [3.8, 4) is 5.75 Å². The summed E-state index contributed by atoms with van der Waals surface area (Å²) in [5, 5.41) is 2.75. The minimum absolute atomic E-state index is 0. The van der Waals surface area contributed by atoms with Gasteiger partial charge in [0.15, 0.2) is 0 Å². The number of hydrogen-bond acceptors (Lipinski definition) is 5. The predicted molar refractivity (Wildman–Crippen MR) is 98.8 cm³/mol. The standard InChI is InChI=1S/C16H25N3O4S.ClH/c1-12(17)7-8-18-16(20)13-5-6-14(23-2)15(11-13)24(21,22)19-9-3-4-10-19;/h5-6,11-12H,3-4,7-10,17H2,1-2H3,(H,18,20);1H. The largest absolute Gasteiger partial charge is 0.495 e. The van der Waals surface area contributed by atoms with Crippen molar-refractivity contribution < 1.29 is 17.9 Å². The van der Waals surface area contributed by atoms with Gasteiger partial charge >= 0.3 is 0 Å². The molecule has 3 N–H and O–H groups in total. The summed E-state index contributed by atoms with van der Waals surface area (Å²) in [6.07, 6.45) is 2.35. The van der Waals surface area contributed by atoms with E-state index < -0.39 is 10.0 Å². The Hall–Kier alpha value is -1.35. The number of nitrogens with one attached hydrogen (secondary N) is 1. The van der Waals surface area contributed by atoms with Crippen LogP contribution in [-0.2, 0) is 10.0 Å². The summed E-state index contributed by atoms with van der Waals surface area (Å²) in [4.78, 5) is 12.3. The summed E-state index contributed by atoms with van der Waals surface area (Å²) in [5.74, 6) is -0.0785. The Bertz CT molecular complexity index is 689. The first-order chi connectivity index (χ1) is 11.4. The maximum absolute atomic E-state index is 12.8. The molecule has 9 heteroatoms. The van der Waals surface area contributed by atoms with Gasteiger partial charge in [0.1, 0.15) is 10.6 Å². The molecule has 0 bridgehead atoms. The average molecular weight is 392 g/mol. The maximum atomic E-state index is 12.8. The van der Waals surface area contributed by atoms with Gasteiger partial charge in [0.25, 0.3) is 5.91 Å². The number of methoxy groups -OCH3 is 1. The van der Waals surface area contributed by atoms with Crippen LogP contribution < -0.4 is 15.8 Å². The molecule has 1 aliphatic rings. The lowest BCUT2D eigenvalue weighted by atomic mass is 10.2. The molecule has 1 aliphatic heterocycles. The number of sulfonamides is 1. The molecule has 0 aromatic heterocycles. The fourth-order valence-electron chi connectivity index (χ4n) is 2.60. The number of halogens is 1. The van der Waals surface area contributed by atoms with E-state index in [9.17, 15) is 13.2 Å². The molecule has 1 fully saturated rings. The van der Waals surface area contributed by atoms with Crippen LogP contribution in [0.4, 0.5) is 0 Å². The van der Waals surface area contributed by atoms with Crippen LogP contribution in [0, 0.1) is 0 Å². The van der Waals surface area contributed by atoms with Gasteiger partial charge in [0.05, 0.1) is 7.11 Å². The minimum atomic E-state index is -3.66. The molecule has 142 valence electrons. The van der Waals surface area contributed by atoms with Crippen molar-refractivity contribution >= 4 is 28.3 Å². The zero-order chi connectivity index (χ0) is 17.7. The van der Waals surface area contributed by atoms with Gasteiger partial charge in [0, 0.05) is 31.2 Å². The second-order valence-electron chi connectivity index (χ2n) is 6.00. The van der Waals surface area contributed by atoms with Crippen molar-refractivity contribution in [3.63, 3.8) is 0 Å². The van der Waals surface area contributed by atoms with Crippen LogP contribution >= 0.6 is 12.4 Å². The molecule has 25 heavy (non-hydrogen) atoms. The molecule has 1 saturated heterocycles. The molecular formula is C16H26ClN3O4S. The Kier molecular flexibility index (Phi) is 8.14. The second kappa shape index (κ2) is 9.38. The van der Waals surface area contributed by atoms with Gasteiger partial charge in [-0.3, -0.25) is 4.79 Å². The van der Waals surface area contributed by atoms with E-state index in [0.29, 0.717) is 31.6 Å². The number of benzene rings is 1. The number of rotatable bonds is 7. The van der Waals surface area contributed by atoms with Crippen molar-refractivity contribution in [3.05, 3.63) is 23.8 Å². The Morgan fingerprint density at radius 1 is 1.36 bits per heavy atom. The summed E-state index contributed by atoms with van der Waals surface area (Å²) in [7, 11) is -2.25. The molecule has 0 radical (unpaired) electrons. The van der Waals surface area contributed by atoms with Crippen LogP contribution in [0.3, 0.4) is 0 Å². The number of amides is 1. The highest BCUT2D eigenvalue weighted by molar-refractivity contribution is 7.89. The quantitative estimate of drug-likeness (QED) is 0.730. The summed E-state index contributed by atoms with van der Waals surface area (Å²) in [6.45, 7) is 3.30. The lowest BCUT2D eigenvalue weighted by Gasteiger charge is -2.18. The highest BCUT2D eigenvalue weighted by atomic mass is 35.5. The lowest BCUT2D eigenvalue weighted by Crippen LogP contribution is -2.30. The summed E-state index contributed by atoms with van der Waals surface area (Å²) in [5.41, 5.74) is 5.94. The molecule has 1 unspecified atom stereocenters. The number of nitrogens with zero attached hydrogens (tertiary/aromatic N) is 1. The van der Waals surface area contributed by atoms with E-state index in [1.807, 2.05) is 6.92 Å². The van der Waals surface area contributed by atoms with Gasteiger partial charge in [-0.1, -0.05) is 0 Å². The zero-order valence-corrected chi connectivity index (χ0v) is 16.2. The topological polar surface area (TPSA) is 102 Å². The molecule has 2 rings (SSSR count). The fraction of sp³-hybridized carbons (Fsp3) is 0.562. The smallest absolute Gasteiger partial charge is 0.251 e. The SMILES string of the molecule is COc1ccc(C(=O)NCCC(C)N)cc1S(=O)(=O)N1CCCC1.Cl. The Labute approximate surface area is 155 Å². The summed E-state index contributed by atoms with van der Waals surface area (Å²) in [6, 6.07) is 4.45. The summed E-state index contributed by atoms with van der Waals surface area (Å²) >= 11 is 0. The first kappa shape index (κ1) is 21.7. The molecular weight excluding hydrogens is 366 g/mol. The summed E-state index contributed by atoms with van der Waals surface area (Å²) < 4.78 is 32.2. The van der Waals surface area contributed by atoms with Crippen LogP contribution in [0.5, 0.6) is 5.75 Å². The molecule has 0 aliphatic carbocycles. The maximum Gasteiger partial charge on any atom is 0.251 e. The second-order valence-corrected chi connectivity index (χ2v) is 7.91. The third kappa shape index (κ3) is 5.31. The normalized spacial score (nSPS) is 16.1. The van der Waals surface area contributed by atoms with Gasteiger partial charge in [-0.05, 0) is 44.4 Å². The Balaban J connectivity index is 0.00000312. The molecule has 1 atom stereocenters. The minimum Gasteiger partial charge on any atom is -0.495 e. The average Bonchev–Trinajstić information content (AvgIpc) is 3.09. The predicted octanol–water partition coefficient (Wildman–Crippen LogP) is 1.37. The molecule has 1 aromatic carbocycles. The van der Waals surface area contributed by atoms with Gasteiger partial charge in [-0.2, -0.15) is 4.31 Å². The van der Waals surface area contributed by atoms with Crippen LogP contribution in [0.15, 0.2) is 23.1 Å². The van der Waals surface area contributed by atoms with Gasteiger partial charge in [0.2, 0.25) is 10.0 Å². The number of carbonyl (C=O) groups is 1. The lowest BCUT2D eigenvalue weighted by molar-refractivity contribution is 0.0952. The van der Waals surface area contributed by atoms with E-state index in [1.54, 1.807) is 6.07 Å². The number of hydrogen-bond donors (Lipinski definition) is 2. The van der Waals surface area contributed by atoms with Crippen LogP contribution in [0.25, 0.3) is 0 Å². The molecule has 1 heterocycles. The van der Waals surface area contributed by atoms with E-state index in [-0.39, 0.29) is 35.0 Å². The number of ether oxygens (including phenoxy) is 1. The molecule has 1 amide bonds. The van der Waals surface area contributed by atoms with Crippen LogP contribution in [-0.4, -0.2) is 51.4 Å². The van der Waals surface area contributed by atoms with Gasteiger partial charge in [-0.25, -0.2) is 8.42 Å². The van der Waals surface area contributed by atoms with Crippen LogP contribution in [0.2, 0.25) is 0 Å². The highest BCUT2D eigenvalue weighted by Gasteiger charge is 2.30.